The molecule has 0 aliphatic carbocycles. The lowest BCUT2D eigenvalue weighted by molar-refractivity contribution is -0.111. The number of ketones is 2. The van der Waals surface area contributed by atoms with Gasteiger partial charge in [-0.25, -0.2) is 0 Å². The summed E-state index contributed by atoms with van der Waals surface area (Å²) in [5, 5.41) is 10.4. The fraction of sp³-hybridized carbons (Fsp3) is 0.231. The monoisotopic (exact) mass is 401 g/mol. The van der Waals surface area contributed by atoms with Crippen molar-refractivity contribution in [2.75, 3.05) is 0 Å². The number of benzene rings is 2. The number of aromatic nitrogens is 1. The highest BCUT2D eigenvalue weighted by atomic mass is 16.3. The van der Waals surface area contributed by atoms with Crippen LogP contribution in [-0.4, -0.2) is 21.2 Å². The van der Waals surface area contributed by atoms with Gasteiger partial charge in [-0.2, -0.15) is 0 Å². The molecule has 1 N–H and O–H groups in total. The molecule has 154 valence electrons. The second-order valence-corrected chi connectivity index (χ2v) is 7.69. The highest BCUT2D eigenvalue weighted by Gasteiger charge is 2.29. The third-order valence-corrected chi connectivity index (χ3v) is 5.35. The van der Waals surface area contributed by atoms with E-state index in [1.165, 1.54) is 20.8 Å². The van der Waals surface area contributed by atoms with Gasteiger partial charge in [-0.3, -0.25) is 9.59 Å². The van der Waals surface area contributed by atoms with Crippen molar-refractivity contribution < 1.29 is 14.7 Å². The normalized spacial score (nSPS) is 11.9. The maximum absolute atomic E-state index is 12.7. The van der Waals surface area contributed by atoms with Crippen LogP contribution in [0.25, 0.3) is 16.8 Å². The van der Waals surface area contributed by atoms with Gasteiger partial charge in [-0.15, -0.1) is 0 Å². The summed E-state index contributed by atoms with van der Waals surface area (Å²) in [7, 11) is 0. The van der Waals surface area contributed by atoms with E-state index in [2.05, 4.69) is 4.57 Å². The Morgan fingerprint density at radius 1 is 0.867 bits per heavy atom. The van der Waals surface area contributed by atoms with Gasteiger partial charge < -0.3 is 9.67 Å². The molecule has 0 saturated heterocycles. The summed E-state index contributed by atoms with van der Waals surface area (Å²) in [6, 6.07) is 18.0. The first-order chi connectivity index (χ1) is 14.2. The van der Waals surface area contributed by atoms with E-state index >= 15 is 0 Å². The molecule has 0 atom stereocenters. The molecular weight excluding hydrogens is 374 g/mol. The first-order valence-electron chi connectivity index (χ1n) is 9.98. The average molecular weight is 402 g/mol. The predicted octanol–water partition coefficient (Wildman–Crippen LogP) is 5.90. The van der Waals surface area contributed by atoms with Gasteiger partial charge >= 0.3 is 0 Å². The number of rotatable bonds is 6. The minimum absolute atomic E-state index is 0.0878. The number of allylic oxidation sites excluding steroid dienone is 2. The van der Waals surface area contributed by atoms with E-state index in [0.717, 1.165) is 28.1 Å². The molecule has 30 heavy (non-hydrogen) atoms. The van der Waals surface area contributed by atoms with Gasteiger partial charge in [0.25, 0.3) is 0 Å². The molecule has 0 saturated carbocycles. The zero-order valence-corrected chi connectivity index (χ0v) is 18.1. The Morgan fingerprint density at radius 3 is 1.97 bits per heavy atom. The first-order valence-corrected chi connectivity index (χ1v) is 9.98. The Labute approximate surface area is 177 Å². The van der Waals surface area contributed by atoms with Crippen LogP contribution in [0.2, 0.25) is 0 Å². The largest absolute Gasteiger partial charge is 0.512 e. The number of nitrogens with zero attached hydrogens (tertiary/aromatic N) is 1. The van der Waals surface area contributed by atoms with Crippen molar-refractivity contribution in [3.05, 3.63) is 88.3 Å². The Kier molecular flexibility index (Phi) is 6.06. The Hall–Kier alpha value is -3.40. The fourth-order valence-corrected chi connectivity index (χ4v) is 4.00. The van der Waals surface area contributed by atoms with Gasteiger partial charge in [0.1, 0.15) is 5.76 Å². The smallest absolute Gasteiger partial charge is 0.163 e. The first kappa shape index (κ1) is 21.3. The van der Waals surface area contributed by atoms with Gasteiger partial charge in [0.15, 0.2) is 11.6 Å². The zero-order chi connectivity index (χ0) is 22.0. The third-order valence-electron chi connectivity index (χ3n) is 5.35. The molecule has 2 aromatic carbocycles. The second-order valence-electron chi connectivity index (χ2n) is 7.69. The summed E-state index contributed by atoms with van der Waals surface area (Å²) in [6.07, 6.45) is 0. The van der Waals surface area contributed by atoms with Gasteiger partial charge in [-0.05, 0) is 45.7 Å². The maximum Gasteiger partial charge on any atom is 0.163 e. The van der Waals surface area contributed by atoms with E-state index in [0.29, 0.717) is 17.7 Å². The van der Waals surface area contributed by atoms with Crippen LogP contribution in [-0.2, 0) is 11.3 Å². The highest BCUT2D eigenvalue weighted by molar-refractivity contribution is 6.24. The van der Waals surface area contributed by atoms with Gasteiger partial charge in [-0.1, -0.05) is 60.2 Å². The molecule has 0 radical (unpaired) electrons. The van der Waals surface area contributed by atoms with Crippen LogP contribution >= 0.6 is 0 Å². The highest BCUT2D eigenvalue weighted by Crippen LogP contribution is 2.38. The van der Waals surface area contributed by atoms with Crippen molar-refractivity contribution in [3.8, 4) is 11.3 Å². The van der Waals surface area contributed by atoms with E-state index < -0.39 is 0 Å². The lowest BCUT2D eigenvalue weighted by Gasteiger charge is -2.15. The number of carbonyl (C=O) groups excluding carboxylic acids is 2. The van der Waals surface area contributed by atoms with Crippen molar-refractivity contribution in [2.24, 2.45) is 0 Å². The van der Waals surface area contributed by atoms with E-state index in [9.17, 15) is 14.7 Å². The quantitative estimate of drug-likeness (QED) is 0.318. The summed E-state index contributed by atoms with van der Waals surface area (Å²) >= 11 is 0. The van der Waals surface area contributed by atoms with E-state index in [1.54, 1.807) is 0 Å². The molecule has 4 heteroatoms. The summed E-state index contributed by atoms with van der Waals surface area (Å²) in [5.74, 6) is -0.499. The maximum atomic E-state index is 12.7. The van der Waals surface area contributed by atoms with Gasteiger partial charge in [0, 0.05) is 23.4 Å². The Bertz CT molecular complexity index is 1130. The van der Waals surface area contributed by atoms with Gasteiger partial charge in [0.2, 0.25) is 0 Å². The van der Waals surface area contributed by atoms with Crippen molar-refractivity contribution in [1.82, 2.24) is 4.57 Å². The number of aryl methyl sites for hydroxylation is 1. The minimum Gasteiger partial charge on any atom is -0.512 e. The van der Waals surface area contributed by atoms with Crippen molar-refractivity contribution in [2.45, 2.75) is 41.2 Å². The number of aliphatic hydroxyl groups excluding tert-OH is 1. The molecule has 3 rings (SSSR count). The zero-order valence-electron chi connectivity index (χ0n) is 18.1. The molecular formula is C26H27NO3. The average Bonchev–Trinajstić information content (AvgIpc) is 2.95. The molecule has 0 bridgehead atoms. The molecule has 3 aromatic rings. The third kappa shape index (κ3) is 3.99. The summed E-state index contributed by atoms with van der Waals surface area (Å²) < 4.78 is 2.07. The fourth-order valence-electron chi connectivity index (χ4n) is 4.00. The van der Waals surface area contributed by atoms with E-state index in [1.807, 2.05) is 68.4 Å². The number of carbonyl (C=O) groups is 2. The van der Waals surface area contributed by atoms with Crippen LogP contribution in [0.15, 0.2) is 60.4 Å². The van der Waals surface area contributed by atoms with Crippen LogP contribution in [0.1, 0.15) is 53.5 Å². The second kappa shape index (κ2) is 8.54. The number of Topliss-reactive ketones (excluding diaryl/α,β-unsaturated/α-hetero) is 2. The Balaban J connectivity index is 2.43. The molecule has 0 fully saturated rings. The molecule has 0 spiro atoms. The Morgan fingerprint density at radius 2 is 1.47 bits per heavy atom. The van der Waals surface area contributed by atoms with Crippen LogP contribution in [0, 0.1) is 13.8 Å². The van der Waals surface area contributed by atoms with Crippen LogP contribution in [0.3, 0.4) is 0 Å². The molecule has 0 unspecified atom stereocenters. The topological polar surface area (TPSA) is 59.3 Å². The standard InChI is InChI=1S/C26H27NO3/c1-16-11-13-22(14-12-16)26-25(24(19(4)29)20(5)30)23(18(3)28)17(2)27(26)15-21-9-7-6-8-10-21/h6-14,29H,15H2,1-5H3. The number of hydrogen-bond donors (Lipinski definition) is 1. The summed E-state index contributed by atoms with van der Waals surface area (Å²) in [5.41, 5.74) is 5.79. The van der Waals surface area contributed by atoms with Crippen LogP contribution in [0.5, 0.6) is 0 Å². The predicted molar refractivity (Wildman–Crippen MR) is 121 cm³/mol. The summed E-state index contributed by atoms with van der Waals surface area (Å²) in [6.45, 7) is 8.86. The van der Waals surface area contributed by atoms with Crippen molar-refractivity contribution >= 4 is 17.1 Å². The molecule has 0 aliphatic rings. The lowest BCUT2D eigenvalue weighted by atomic mass is 9.92. The molecule has 1 heterocycles. The van der Waals surface area contributed by atoms with Gasteiger partial charge in [0.05, 0.1) is 11.3 Å². The molecule has 0 amide bonds. The van der Waals surface area contributed by atoms with E-state index in [-0.39, 0.29) is 22.9 Å². The number of aliphatic hydroxyl groups is 1. The van der Waals surface area contributed by atoms with Crippen LogP contribution in [0.4, 0.5) is 0 Å². The number of hydrogen-bond acceptors (Lipinski definition) is 3. The SMILES string of the molecule is CC(=O)C(=C(C)O)c1c(C(C)=O)c(C)n(Cc2ccccc2)c1-c1ccc(C)cc1. The molecule has 4 nitrogen and oxygen atoms in total. The molecule has 1 aromatic heterocycles. The van der Waals surface area contributed by atoms with Crippen LogP contribution < -0.4 is 0 Å². The van der Waals surface area contributed by atoms with E-state index in [4.69, 9.17) is 0 Å². The van der Waals surface area contributed by atoms with Crippen molar-refractivity contribution in [3.63, 3.8) is 0 Å². The molecule has 0 aliphatic heterocycles. The lowest BCUT2D eigenvalue weighted by Crippen LogP contribution is -2.06. The van der Waals surface area contributed by atoms with Crippen molar-refractivity contribution in [1.29, 1.82) is 0 Å². The minimum atomic E-state index is -0.275. The summed E-state index contributed by atoms with van der Waals surface area (Å²) in [4.78, 5) is 25.3.